The Morgan fingerprint density at radius 1 is 0.875 bits per heavy atom. The number of ether oxygens (including phenoxy) is 1. The molecule has 3 heterocycles. The Hall–Kier alpha value is -4.12. The van der Waals surface area contributed by atoms with Crippen LogP contribution in [0.1, 0.15) is 5.76 Å². The summed E-state index contributed by atoms with van der Waals surface area (Å²) in [5.41, 5.74) is 3.23. The maximum Gasteiger partial charge on any atom is 0.227 e. The van der Waals surface area contributed by atoms with Crippen LogP contribution in [0.2, 0.25) is 0 Å². The van der Waals surface area contributed by atoms with Gasteiger partial charge in [-0.25, -0.2) is 13.8 Å². The molecule has 1 fully saturated rings. The molecule has 2 aromatic heterocycles. The Morgan fingerprint density at radius 2 is 1.68 bits per heavy atom. The zero-order valence-corrected chi connectivity index (χ0v) is 21.7. The van der Waals surface area contributed by atoms with Crippen molar-refractivity contribution in [2.75, 3.05) is 39.3 Å². The molecule has 0 radical (unpaired) electrons. The van der Waals surface area contributed by atoms with Gasteiger partial charge in [-0.1, -0.05) is 11.2 Å². The Morgan fingerprint density at radius 3 is 2.48 bits per heavy atom. The highest BCUT2D eigenvalue weighted by molar-refractivity contribution is 5.77. The third-order valence-electron chi connectivity index (χ3n) is 6.89. The fourth-order valence-electron chi connectivity index (χ4n) is 4.78. The molecule has 0 bridgehead atoms. The van der Waals surface area contributed by atoms with Crippen molar-refractivity contribution >= 4 is 11.1 Å². The Bertz CT molecular complexity index is 1580. The largest absolute Gasteiger partial charge is 0.491 e. The number of halogens is 2. The van der Waals surface area contributed by atoms with Gasteiger partial charge in [0.1, 0.15) is 41.3 Å². The van der Waals surface area contributed by atoms with E-state index in [2.05, 4.69) is 19.9 Å². The first kappa shape index (κ1) is 26.1. The summed E-state index contributed by atoms with van der Waals surface area (Å²) in [5.74, 6) is 1.02. The molecule has 206 valence electrons. The van der Waals surface area contributed by atoms with Crippen LogP contribution >= 0.6 is 0 Å². The van der Waals surface area contributed by atoms with Crippen LogP contribution in [0, 0.1) is 11.6 Å². The van der Waals surface area contributed by atoms with Gasteiger partial charge in [-0.05, 0) is 54.6 Å². The van der Waals surface area contributed by atoms with Crippen LogP contribution in [-0.2, 0) is 6.54 Å². The van der Waals surface area contributed by atoms with Gasteiger partial charge in [0.2, 0.25) is 5.89 Å². The van der Waals surface area contributed by atoms with Crippen LogP contribution in [0.3, 0.4) is 0 Å². The van der Waals surface area contributed by atoms with E-state index in [1.165, 1.54) is 24.3 Å². The lowest BCUT2D eigenvalue weighted by atomic mass is 10.1. The smallest absolute Gasteiger partial charge is 0.227 e. The number of fused-ring (bicyclic) bond motifs is 1. The molecule has 1 aliphatic rings. The Labute approximate surface area is 229 Å². The number of piperazine rings is 1. The molecule has 0 unspecified atom stereocenters. The number of benzene rings is 3. The molecule has 5 aromatic rings. The van der Waals surface area contributed by atoms with Crippen LogP contribution in [-0.4, -0.2) is 70.5 Å². The monoisotopic (exact) mass is 546 g/mol. The molecule has 40 heavy (non-hydrogen) atoms. The second-order valence-electron chi connectivity index (χ2n) is 9.89. The fourth-order valence-corrected chi connectivity index (χ4v) is 4.78. The van der Waals surface area contributed by atoms with Crippen molar-refractivity contribution in [1.29, 1.82) is 0 Å². The molecular weight excluding hydrogens is 518 g/mol. The first-order chi connectivity index (χ1) is 19.5. The molecule has 0 aliphatic carbocycles. The minimum Gasteiger partial charge on any atom is -0.491 e. The first-order valence-corrected chi connectivity index (χ1v) is 13.1. The molecule has 1 saturated heterocycles. The second kappa shape index (κ2) is 11.5. The van der Waals surface area contributed by atoms with Gasteiger partial charge in [0, 0.05) is 56.0 Å². The van der Waals surface area contributed by atoms with Crippen molar-refractivity contribution < 1.29 is 27.6 Å². The number of hydrogen-bond donors (Lipinski definition) is 1. The Kier molecular flexibility index (Phi) is 7.54. The highest BCUT2D eigenvalue weighted by Gasteiger charge is 2.21. The van der Waals surface area contributed by atoms with Crippen molar-refractivity contribution in [2.24, 2.45) is 0 Å². The number of aliphatic hydroxyl groups is 1. The lowest BCUT2D eigenvalue weighted by Crippen LogP contribution is -2.48. The van der Waals surface area contributed by atoms with Crippen molar-refractivity contribution in [3.8, 4) is 28.5 Å². The quantitative estimate of drug-likeness (QED) is 0.277. The third-order valence-corrected chi connectivity index (χ3v) is 6.89. The van der Waals surface area contributed by atoms with Gasteiger partial charge in [-0.3, -0.25) is 9.80 Å². The van der Waals surface area contributed by atoms with Crippen molar-refractivity contribution in [1.82, 2.24) is 19.9 Å². The average Bonchev–Trinajstić information content (AvgIpc) is 3.60. The first-order valence-electron chi connectivity index (χ1n) is 13.1. The highest BCUT2D eigenvalue weighted by Crippen LogP contribution is 2.27. The van der Waals surface area contributed by atoms with E-state index in [9.17, 15) is 13.9 Å². The van der Waals surface area contributed by atoms with Gasteiger partial charge in [0.05, 0.1) is 6.54 Å². The predicted molar refractivity (Wildman–Crippen MR) is 145 cm³/mol. The predicted octanol–water partition coefficient (Wildman–Crippen LogP) is 4.99. The van der Waals surface area contributed by atoms with Crippen LogP contribution in [0.15, 0.2) is 81.7 Å². The van der Waals surface area contributed by atoms with E-state index in [0.717, 1.165) is 37.5 Å². The highest BCUT2D eigenvalue weighted by atomic mass is 19.1. The Balaban J connectivity index is 0.960. The number of aliphatic hydroxyl groups excluding tert-OH is 1. The number of hydrogen-bond acceptors (Lipinski definition) is 8. The van der Waals surface area contributed by atoms with Gasteiger partial charge in [0.25, 0.3) is 0 Å². The van der Waals surface area contributed by atoms with Crippen LogP contribution < -0.4 is 4.74 Å². The molecule has 8 nitrogen and oxygen atoms in total. The van der Waals surface area contributed by atoms with E-state index in [1.807, 2.05) is 6.07 Å². The topological polar surface area (TPSA) is 88.0 Å². The van der Waals surface area contributed by atoms with Gasteiger partial charge >= 0.3 is 0 Å². The van der Waals surface area contributed by atoms with Gasteiger partial charge in [-0.15, -0.1) is 0 Å². The molecule has 10 heteroatoms. The maximum atomic E-state index is 13.6. The summed E-state index contributed by atoms with van der Waals surface area (Å²) >= 11 is 0. The summed E-state index contributed by atoms with van der Waals surface area (Å²) in [6, 6.07) is 19.4. The maximum absolute atomic E-state index is 13.6. The van der Waals surface area contributed by atoms with Crippen molar-refractivity contribution in [3.63, 3.8) is 0 Å². The summed E-state index contributed by atoms with van der Waals surface area (Å²) < 4.78 is 43.8. The van der Waals surface area contributed by atoms with Gasteiger partial charge < -0.3 is 18.8 Å². The standard InChI is InChI=1S/C30H28F2N4O4/c31-22-6-4-20(5-7-22)27-16-26(40-34-27)18-36-12-10-35(11-13-36)17-24(37)19-38-25-8-9-29-28(15-25)33-30(39-29)21-2-1-3-23(32)14-21/h1-9,14-16,24,37H,10-13,17-19H2/t24-/m1/s1. The van der Waals surface area contributed by atoms with E-state index >= 15 is 0 Å². The number of β-amino-alcohol motifs (C(OH)–C–C–N with tert-alkyl or cyclic N) is 1. The average molecular weight is 547 g/mol. The van der Waals surface area contributed by atoms with E-state index in [-0.39, 0.29) is 18.2 Å². The molecule has 1 N–H and O–H groups in total. The fraction of sp³-hybridized carbons (Fsp3) is 0.267. The molecule has 0 amide bonds. The minimum atomic E-state index is -0.657. The SMILES string of the molecule is O[C@@H](COc1ccc2oc(-c3cccc(F)c3)nc2c1)CN1CCN(Cc2cc(-c3ccc(F)cc3)no2)CC1. The summed E-state index contributed by atoms with van der Waals surface area (Å²) in [6.45, 7) is 4.56. The third kappa shape index (κ3) is 6.20. The van der Waals surface area contributed by atoms with Crippen LogP contribution in [0.4, 0.5) is 8.78 Å². The lowest BCUT2D eigenvalue weighted by Gasteiger charge is -2.35. The van der Waals surface area contributed by atoms with E-state index < -0.39 is 6.10 Å². The van der Waals surface area contributed by atoms with Gasteiger partial charge in [-0.2, -0.15) is 0 Å². The van der Waals surface area contributed by atoms with Crippen molar-refractivity contribution in [3.05, 3.63) is 90.2 Å². The summed E-state index contributed by atoms with van der Waals surface area (Å²) in [6.07, 6.45) is -0.657. The number of aromatic nitrogens is 2. The number of nitrogens with zero attached hydrogens (tertiary/aromatic N) is 4. The lowest BCUT2D eigenvalue weighted by molar-refractivity contribution is 0.0430. The van der Waals surface area contributed by atoms with E-state index in [4.69, 9.17) is 13.7 Å². The van der Waals surface area contributed by atoms with Crippen LogP contribution in [0.5, 0.6) is 5.75 Å². The summed E-state index contributed by atoms with van der Waals surface area (Å²) in [7, 11) is 0. The van der Waals surface area contributed by atoms with Crippen molar-refractivity contribution in [2.45, 2.75) is 12.6 Å². The number of rotatable bonds is 9. The zero-order valence-electron chi connectivity index (χ0n) is 21.7. The number of oxazole rings is 1. The molecule has 0 spiro atoms. The molecular formula is C30H28F2N4O4. The normalized spacial score (nSPS) is 15.5. The zero-order chi connectivity index (χ0) is 27.5. The van der Waals surface area contributed by atoms with E-state index in [1.54, 1.807) is 42.5 Å². The van der Waals surface area contributed by atoms with Gasteiger partial charge in [0.15, 0.2) is 11.3 Å². The summed E-state index contributed by atoms with van der Waals surface area (Å²) in [5, 5.41) is 14.7. The molecule has 3 aromatic carbocycles. The molecule has 1 atom stereocenters. The van der Waals surface area contributed by atoms with E-state index in [0.29, 0.717) is 47.1 Å². The molecule has 0 saturated carbocycles. The minimum absolute atomic E-state index is 0.143. The molecule has 1 aliphatic heterocycles. The summed E-state index contributed by atoms with van der Waals surface area (Å²) in [4.78, 5) is 8.94. The van der Waals surface area contributed by atoms with Crippen LogP contribution in [0.25, 0.3) is 33.8 Å². The molecule has 6 rings (SSSR count). The second-order valence-corrected chi connectivity index (χ2v) is 9.89.